The van der Waals surface area contributed by atoms with E-state index in [4.69, 9.17) is 4.74 Å². The largest absolute Gasteiger partial charge is 0.493 e. The average molecular weight is 344 g/mol. The summed E-state index contributed by atoms with van der Waals surface area (Å²) in [5.41, 5.74) is 3.31. The first-order valence-corrected chi connectivity index (χ1v) is 8.13. The van der Waals surface area contributed by atoms with Gasteiger partial charge in [0.05, 0.1) is 36.6 Å². The monoisotopic (exact) mass is 344 g/mol. The third-order valence-corrected chi connectivity index (χ3v) is 3.90. The Balaban J connectivity index is 1.72. The minimum absolute atomic E-state index is 0.0863. The Morgan fingerprint density at radius 3 is 2.52 bits per heavy atom. The van der Waals surface area contributed by atoms with Crippen LogP contribution in [0.4, 0.5) is 5.69 Å². The van der Waals surface area contributed by atoms with Gasteiger partial charge in [0.1, 0.15) is 5.75 Å². The van der Waals surface area contributed by atoms with Gasteiger partial charge in [-0.3, -0.25) is 14.3 Å². The molecule has 0 aliphatic rings. The molecule has 2 rings (SSSR count). The van der Waals surface area contributed by atoms with Crippen LogP contribution in [0.5, 0.6) is 5.75 Å². The van der Waals surface area contributed by atoms with E-state index in [1.807, 2.05) is 52.1 Å². The Morgan fingerprint density at radius 2 is 1.88 bits per heavy atom. The van der Waals surface area contributed by atoms with Crippen LogP contribution in [0.25, 0.3) is 0 Å². The fraction of sp³-hybridized carbons (Fsp3) is 0.389. The third-order valence-electron chi connectivity index (χ3n) is 3.90. The molecule has 0 atom stereocenters. The molecule has 2 amide bonds. The summed E-state index contributed by atoms with van der Waals surface area (Å²) in [6.07, 6.45) is 0.187. The van der Waals surface area contributed by atoms with Crippen molar-refractivity contribution >= 4 is 17.5 Å². The van der Waals surface area contributed by atoms with Gasteiger partial charge in [-0.1, -0.05) is 18.2 Å². The second kappa shape index (κ2) is 8.32. The van der Waals surface area contributed by atoms with Crippen LogP contribution in [-0.4, -0.2) is 34.7 Å². The minimum atomic E-state index is -0.285. The summed E-state index contributed by atoms with van der Waals surface area (Å²) in [7, 11) is 1.81. The predicted octanol–water partition coefficient (Wildman–Crippen LogP) is 1.87. The summed E-state index contributed by atoms with van der Waals surface area (Å²) in [5, 5.41) is 9.60. The molecule has 0 radical (unpaired) electrons. The lowest BCUT2D eigenvalue weighted by Gasteiger charge is -2.09. The highest BCUT2D eigenvalue weighted by molar-refractivity contribution is 5.95. The smallest absolute Gasteiger partial charge is 0.243 e. The quantitative estimate of drug-likeness (QED) is 0.803. The Labute approximate surface area is 147 Å². The molecule has 7 nitrogen and oxygen atoms in total. The van der Waals surface area contributed by atoms with E-state index >= 15 is 0 Å². The zero-order chi connectivity index (χ0) is 18.4. The first-order valence-electron chi connectivity index (χ1n) is 8.13. The van der Waals surface area contributed by atoms with Crippen LogP contribution in [0.15, 0.2) is 24.3 Å². The number of rotatable bonds is 7. The van der Waals surface area contributed by atoms with Crippen molar-refractivity contribution in [2.24, 2.45) is 7.05 Å². The molecule has 1 aromatic carbocycles. The summed E-state index contributed by atoms with van der Waals surface area (Å²) >= 11 is 0. The summed E-state index contributed by atoms with van der Waals surface area (Å²) in [5.74, 6) is 0.242. The number of hydrogen-bond donors (Lipinski definition) is 2. The van der Waals surface area contributed by atoms with Gasteiger partial charge in [0, 0.05) is 7.05 Å². The fourth-order valence-corrected chi connectivity index (χ4v) is 2.38. The van der Waals surface area contributed by atoms with Crippen LogP contribution >= 0.6 is 0 Å². The lowest BCUT2D eigenvalue weighted by Crippen LogP contribution is -2.33. The lowest BCUT2D eigenvalue weighted by atomic mass is 10.2. The van der Waals surface area contributed by atoms with Crippen molar-refractivity contribution in [2.45, 2.75) is 27.2 Å². The fourth-order valence-electron chi connectivity index (χ4n) is 2.38. The number of carbonyl (C=O) groups excluding carboxylic acids is 2. The van der Waals surface area contributed by atoms with Gasteiger partial charge in [-0.25, -0.2) is 0 Å². The highest BCUT2D eigenvalue weighted by atomic mass is 16.5. The summed E-state index contributed by atoms with van der Waals surface area (Å²) < 4.78 is 7.27. The molecular formula is C18H24N4O3. The van der Waals surface area contributed by atoms with Gasteiger partial charge in [0.25, 0.3) is 0 Å². The number of aromatic nitrogens is 2. The van der Waals surface area contributed by atoms with Crippen molar-refractivity contribution < 1.29 is 14.3 Å². The number of anilines is 1. The van der Waals surface area contributed by atoms with E-state index in [2.05, 4.69) is 15.7 Å². The molecule has 0 fully saturated rings. The van der Waals surface area contributed by atoms with E-state index in [1.165, 1.54) is 0 Å². The summed E-state index contributed by atoms with van der Waals surface area (Å²) in [4.78, 5) is 23.8. The van der Waals surface area contributed by atoms with Gasteiger partial charge in [-0.15, -0.1) is 0 Å². The Kier molecular flexibility index (Phi) is 6.16. The predicted molar refractivity (Wildman–Crippen MR) is 95.6 cm³/mol. The van der Waals surface area contributed by atoms with Gasteiger partial charge in [-0.05, 0) is 32.4 Å². The van der Waals surface area contributed by atoms with Gasteiger partial charge < -0.3 is 15.4 Å². The second-order valence-corrected chi connectivity index (χ2v) is 5.86. The Bertz CT molecular complexity index is 768. The van der Waals surface area contributed by atoms with Gasteiger partial charge in [-0.2, -0.15) is 5.10 Å². The van der Waals surface area contributed by atoms with E-state index in [-0.39, 0.29) is 31.4 Å². The second-order valence-electron chi connectivity index (χ2n) is 5.86. The van der Waals surface area contributed by atoms with Crippen LogP contribution in [0.3, 0.4) is 0 Å². The molecule has 2 aromatic rings. The molecule has 0 aliphatic carbocycles. The number of para-hydroxylation sites is 1. The van der Waals surface area contributed by atoms with Crippen LogP contribution in [0.1, 0.15) is 23.4 Å². The molecule has 0 bridgehead atoms. The third kappa shape index (κ3) is 5.07. The number of amides is 2. The van der Waals surface area contributed by atoms with Crippen molar-refractivity contribution in [1.82, 2.24) is 15.1 Å². The Morgan fingerprint density at radius 1 is 1.16 bits per heavy atom. The van der Waals surface area contributed by atoms with Crippen molar-refractivity contribution in [1.29, 1.82) is 0 Å². The van der Waals surface area contributed by atoms with Gasteiger partial charge >= 0.3 is 0 Å². The molecule has 1 heterocycles. The summed E-state index contributed by atoms with van der Waals surface area (Å²) in [6, 6.07) is 7.62. The molecule has 0 saturated carbocycles. The van der Waals surface area contributed by atoms with E-state index in [9.17, 15) is 9.59 Å². The molecule has 0 unspecified atom stereocenters. The number of nitrogens with zero attached hydrogens (tertiary/aromatic N) is 2. The average Bonchev–Trinajstić information content (AvgIpc) is 2.81. The van der Waals surface area contributed by atoms with E-state index < -0.39 is 0 Å². The first-order chi connectivity index (χ1) is 11.9. The normalized spacial score (nSPS) is 10.4. The van der Waals surface area contributed by atoms with Crippen LogP contribution in [0, 0.1) is 20.8 Å². The SMILES string of the molecule is Cc1ccccc1OCCC(=O)NCC(=O)Nc1c(C)nn(C)c1C. The molecule has 0 spiro atoms. The molecule has 0 aliphatic heterocycles. The number of hydrogen-bond acceptors (Lipinski definition) is 4. The molecule has 134 valence electrons. The zero-order valence-corrected chi connectivity index (χ0v) is 15.0. The number of aryl methyl sites for hydroxylation is 3. The molecular weight excluding hydrogens is 320 g/mol. The number of ether oxygens (including phenoxy) is 1. The van der Waals surface area contributed by atoms with Gasteiger partial charge in [0.2, 0.25) is 11.8 Å². The highest BCUT2D eigenvalue weighted by Gasteiger charge is 2.13. The van der Waals surface area contributed by atoms with Gasteiger partial charge in [0.15, 0.2) is 0 Å². The Hall–Kier alpha value is -2.83. The lowest BCUT2D eigenvalue weighted by molar-refractivity contribution is -0.124. The standard InChI is InChI=1S/C18H24N4O3/c1-12-7-5-6-8-15(12)25-10-9-16(23)19-11-17(24)20-18-13(2)21-22(4)14(18)3/h5-8H,9-11H2,1-4H3,(H,19,23)(H,20,24). The highest BCUT2D eigenvalue weighted by Crippen LogP contribution is 2.18. The van der Waals surface area contributed by atoms with Crippen molar-refractivity contribution in [2.75, 3.05) is 18.5 Å². The van der Waals surface area contributed by atoms with Crippen LogP contribution < -0.4 is 15.4 Å². The van der Waals surface area contributed by atoms with E-state index in [1.54, 1.807) is 4.68 Å². The molecule has 7 heteroatoms. The number of carbonyl (C=O) groups is 2. The molecule has 25 heavy (non-hydrogen) atoms. The first kappa shape index (κ1) is 18.5. The van der Waals surface area contributed by atoms with Crippen molar-refractivity contribution in [3.05, 3.63) is 41.2 Å². The van der Waals surface area contributed by atoms with Crippen LogP contribution in [0.2, 0.25) is 0 Å². The minimum Gasteiger partial charge on any atom is -0.493 e. The van der Waals surface area contributed by atoms with Crippen molar-refractivity contribution in [3.63, 3.8) is 0 Å². The molecule has 2 N–H and O–H groups in total. The topological polar surface area (TPSA) is 85.2 Å². The van der Waals surface area contributed by atoms with E-state index in [0.717, 1.165) is 22.7 Å². The number of nitrogens with one attached hydrogen (secondary N) is 2. The zero-order valence-electron chi connectivity index (χ0n) is 15.0. The maximum absolute atomic E-state index is 12.0. The number of benzene rings is 1. The van der Waals surface area contributed by atoms with Crippen LogP contribution in [-0.2, 0) is 16.6 Å². The molecule has 1 aromatic heterocycles. The van der Waals surface area contributed by atoms with E-state index in [0.29, 0.717) is 5.69 Å². The van der Waals surface area contributed by atoms with Crippen molar-refractivity contribution in [3.8, 4) is 5.75 Å². The maximum Gasteiger partial charge on any atom is 0.243 e. The molecule has 0 saturated heterocycles. The maximum atomic E-state index is 12.0. The summed E-state index contributed by atoms with van der Waals surface area (Å²) in [6.45, 7) is 5.82.